The lowest BCUT2D eigenvalue weighted by Gasteiger charge is -1.77. The summed E-state index contributed by atoms with van der Waals surface area (Å²) in [6.45, 7) is 0. The van der Waals surface area contributed by atoms with E-state index in [-0.39, 0.29) is 0 Å². The Bertz CT molecular complexity index is 69.2. The summed E-state index contributed by atoms with van der Waals surface area (Å²) in [7, 11) is 1.08. The molecule has 0 amide bonds. The summed E-state index contributed by atoms with van der Waals surface area (Å²) >= 11 is 0. The average Bonchev–Trinajstić information content (AvgIpc) is 1.65. The van der Waals surface area contributed by atoms with Crippen molar-refractivity contribution in [1.29, 1.82) is 0 Å². The predicted molar refractivity (Wildman–Crippen MR) is 23.8 cm³/mol. The van der Waals surface area contributed by atoms with Crippen LogP contribution in [-0.4, -0.2) is 5.71 Å². The number of hydrogen-bond donors (Lipinski definition) is 0. The topological polar surface area (TPSA) is 43.4 Å². The van der Waals surface area contributed by atoms with Gasteiger partial charge >= 0.3 is 5.71 Å². The first-order valence-electron chi connectivity index (χ1n) is 1.05. The van der Waals surface area contributed by atoms with Crippen LogP contribution in [0, 0.1) is 0 Å². The van der Waals surface area contributed by atoms with Gasteiger partial charge in [-0.2, -0.15) is 0 Å². The molecule has 0 aliphatic heterocycles. The van der Waals surface area contributed by atoms with Crippen LogP contribution in [0.15, 0.2) is 0 Å². The van der Waals surface area contributed by atoms with E-state index in [1.807, 2.05) is 0 Å². The normalized spacial score (nSPS) is 8.17. The fraction of sp³-hybridized carbons (Fsp3) is 0. The van der Waals surface area contributed by atoms with E-state index in [2.05, 4.69) is 4.52 Å². The maximum absolute atomic E-state index is 9.61. The largest absolute Gasteiger partial charge is 0.443 e. The highest BCUT2D eigenvalue weighted by molar-refractivity contribution is 7.46. The monoisotopic (exact) mass is 124 g/mol. The average molecular weight is 124 g/mol. The summed E-state index contributed by atoms with van der Waals surface area (Å²) in [5.41, 5.74) is -0.778. The van der Waals surface area contributed by atoms with Crippen molar-refractivity contribution >= 4 is 23.6 Å². The van der Waals surface area contributed by atoms with Crippen LogP contribution in [0.2, 0.25) is 0 Å². The van der Waals surface area contributed by atoms with Crippen molar-refractivity contribution in [2.24, 2.45) is 0 Å². The Kier molecular flexibility index (Phi) is 3.20. The quantitative estimate of drug-likeness (QED) is 0.493. The molecule has 5 heteroatoms. The van der Waals surface area contributed by atoms with Gasteiger partial charge in [0.1, 0.15) is 0 Å². The summed E-state index contributed by atoms with van der Waals surface area (Å²) in [6, 6.07) is 0. The third kappa shape index (κ3) is 2.25. The van der Waals surface area contributed by atoms with Crippen LogP contribution in [0.4, 0.5) is 4.79 Å². The van der Waals surface area contributed by atoms with Crippen LogP contribution in [0.25, 0.3) is 0 Å². The van der Waals surface area contributed by atoms with E-state index >= 15 is 0 Å². The van der Waals surface area contributed by atoms with Crippen LogP contribution >= 0.6 is 17.9 Å². The molecule has 1 atom stereocenters. The Morgan fingerprint density at radius 3 is 2.33 bits per heavy atom. The lowest BCUT2D eigenvalue weighted by molar-refractivity contribution is 0.232. The standard InChI is InChI=1S/CH2O3P2/c2-1(4-5)6-3/h5H2. The smallest absolute Gasteiger partial charge is 0.400 e. The molecule has 6 heavy (non-hydrogen) atoms. The highest BCUT2D eigenvalue weighted by Gasteiger charge is 1.91. The minimum absolute atomic E-state index is 0.604. The lowest BCUT2D eigenvalue weighted by Crippen LogP contribution is -1.73. The summed E-state index contributed by atoms with van der Waals surface area (Å²) < 4.78 is 13.2. The second kappa shape index (κ2) is 3.20. The van der Waals surface area contributed by atoms with Crippen molar-refractivity contribution in [2.45, 2.75) is 0 Å². The molecule has 0 bridgehead atoms. The van der Waals surface area contributed by atoms with Crippen molar-refractivity contribution in [1.82, 2.24) is 0 Å². The maximum Gasteiger partial charge on any atom is 0.400 e. The van der Waals surface area contributed by atoms with Gasteiger partial charge in [0.05, 0.1) is 9.47 Å². The second-order valence-corrected chi connectivity index (χ2v) is 1.26. The first kappa shape index (κ1) is 6.00. The van der Waals surface area contributed by atoms with Gasteiger partial charge in [-0.15, -0.1) is 0 Å². The highest BCUT2D eigenvalue weighted by atomic mass is 31.1. The summed E-state index contributed by atoms with van der Waals surface area (Å²) in [5, 5.41) is 0. The van der Waals surface area contributed by atoms with Crippen molar-refractivity contribution in [3.05, 3.63) is 0 Å². The SMILES string of the molecule is O=PC(=O)OP. The zero-order valence-corrected chi connectivity index (χ0v) is 4.80. The van der Waals surface area contributed by atoms with Crippen LogP contribution in [0.5, 0.6) is 0 Å². The minimum Gasteiger partial charge on any atom is -0.443 e. The number of hydrogen-bond acceptors (Lipinski definition) is 3. The van der Waals surface area contributed by atoms with E-state index in [0.717, 1.165) is 0 Å². The van der Waals surface area contributed by atoms with Gasteiger partial charge < -0.3 is 4.52 Å². The number of rotatable bonds is 1. The predicted octanol–water partition coefficient (Wildman–Crippen LogP) is 1.20. The van der Waals surface area contributed by atoms with Crippen LogP contribution < -0.4 is 0 Å². The molecule has 1 unspecified atom stereocenters. The van der Waals surface area contributed by atoms with Crippen molar-refractivity contribution < 1.29 is 13.9 Å². The third-order valence-corrected chi connectivity index (χ3v) is 0.842. The van der Waals surface area contributed by atoms with Gasteiger partial charge in [0.25, 0.3) is 8.46 Å². The molecule has 0 rings (SSSR count). The van der Waals surface area contributed by atoms with Crippen LogP contribution in [0.1, 0.15) is 0 Å². The van der Waals surface area contributed by atoms with E-state index in [1.165, 1.54) is 0 Å². The van der Waals surface area contributed by atoms with E-state index in [1.54, 1.807) is 9.47 Å². The second-order valence-electron chi connectivity index (χ2n) is 0.475. The molecule has 0 aliphatic carbocycles. The molecule has 0 fully saturated rings. The lowest BCUT2D eigenvalue weighted by atomic mass is 11.6. The van der Waals surface area contributed by atoms with Crippen molar-refractivity contribution in [3.63, 3.8) is 0 Å². The molecule has 0 aromatic carbocycles. The molecule has 3 nitrogen and oxygen atoms in total. The van der Waals surface area contributed by atoms with Gasteiger partial charge in [-0.3, -0.25) is 4.57 Å². The van der Waals surface area contributed by atoms with Gasteiger partial charge in [0, 0.05) is 0 Å². The molecule has 0 N–H and O–H groups in total. The Morgan fingerprint density at radius 2 is 2.33 bits per heavy atom. The van der Waals surface area contributed by atoms with Crippen LogP contribution in [0.3, 0.4) is 0 Å². The third-order valence-electron chi connectivity index (χ3n) is 0.175. The molecule has 0 saturated heterocycles. The van der Waals surface area contributed by atoms with E-state index < -0.39 is 14.2 Å². The fourth-order valence-corrected chi connectivity index (χ4v) is 0.194. The molecular weight excluding hydrogens is 122 g/mol. The molecule has 0 radical (unpaired) electrons. The molecule has 0 saturated carbocycles. The highest BCUT2D eigenvalue weighted by Crippen LogP contribution is 2.00. The van der Waals surface area contributed by atoms with Crippen LogP contribution in [-0.2, 0) is 9.09 Å². The summed E-state index contributed by atoms with van der Waals surface area (Å²) in [5.74, 6) is 0. The molecule has 34 valence electrons. The van der Waals surface area contributed by atoms with Gasteiger partial charge in [-0.25, -0.2) is 4.79 Å². The van der Waals surface area contributed by atoms with E-state index in [9.17, 15) is 9.36 Å². The Hall–Kier alpha value is -0.0000000000000000555. The fourth-order valence-electron chi connectivity index (χ4n) is 0.0215. The maximum atomic E-state index is 9.61. The molecule has 0 aromatic rings. The summed E-state index contributed by atoms with van der Waals surface area (Å²) in [4.78, 5) is 9.61. The zero-order valence-electron chi connectivity index (χ0n) is 2.75. The molecule has 0 heterocycles. The van der Waals surface area contributed by atoms with Crippen molar-refractivity contribution in [3.8, 4) is 0 Å². The van der Waals surface area contributed by atoms with Gasteiger partial charge in [0.2, 0.25) is 0 Å². The Balaban J connectivity index is 3.23. The molecule has 0 spiro atoms. The van der Waals surface area contributed by atoms with E-state index in [0.29, 0.717) is 0 Å². The Morgan fingerprint density at radius 1 is 1.83 bits per heavy atom. The first-order chi connectivity index (χ1) is 2.81. The van der Waals surface area contributed by atoms with Gasteiger partial charge in [0.15, 0.2) is 0 Å². The molecule has 0 aromatic heterocycles. The number of carbonyl (C=O) groups is 1. The van der Waals surface area contributed by atoms with Crippen molar-refractivity contribution in [2.75, 3.05) is 0 Å². The first-order valence-corrected chi connectivity index (χ1v) is 2.33. The van der Waals surface area contributed by atoms with Gasteiger partial charge in [-0.1, -0.05) is 0 Å². The number of carbonyl (C=O) groups excluding carboxylic acids is 1. The van der Waals surface area contributed by atoms with E-state index in [4.69, 9.17) is 0 Å². The zero-order chi connectivity index (χ0) is 4.99. The Labute approximate surface area is 38.6 Å². The molecule has 0 aliphatic rings. The minimum atomic E-state index is -0.778. The van der Waals surface area contributed by atoms with Gasteiger partial charge in [-0.05, 0) is 0 Å². The molecular formula is CH2O3P2. The summed E-state index contributed by atoms with van der Waals surface area (Å²) in [6.07, 6.45) is 0.